The van der Waals surface area contributed by atoms with Crippen LogP contribution in [0.2, 0.25) is 0 Å². The van der Waals surface area contributed by atoms with E-state index in [4.69, 9.17) is 9.47 Å². The summed E-state index contributed by atoms with van der Waals surface area (Å²) in [5, 5.41) is 3.05. The number of anilines is 1. The standard InChI is InChI=1S/C23H29BrN2O5S/c1-5-16-12-18(24)11-15(2)22(16)25-23(27)17-7-6-10-26(14-17)32(28,29)19-8-9-20(30-3)21(13-19)31-4/h8-9,11-13,17H,5-7,10,14H2,1-4H3,(H,25,27)/t17-/m0/s1. The van der Waals surface area contributed by atoms with Gasteiger partial charge in [-0.25, -0.2) is 8.42 Å². The fraction of sp³-hybridized carbons (Fsp3) is 0.435. The first kappa shape index (κ1) is 24.5. The average Bonchev–Trinajstić information content (AvgIpc) is 2.79. The highest BCUT2D eigenvalue weighted by atomic mass is 79.9. The number of piperidine rings is 1. The van der Waals surface area contributed by atoms with Crippen molar-refractivity contribution in [3.05, 3.63) is 45.9 Å². The Balaban J connectivity index is 1.80. The zero-order valence-electron chi connectivity index (χ0n) is 18.8. The summed E-state index contributed by atoms with van der Waals surface area (Å²) in [5.74, 6) is 0.223. The fourth-order valence-corrected chi connectivity index (χ4v) is 6.16. The quantitative estimate of drug-likeness (QED) is 0.580. The number of rotatable bonds is 7. The van der Waals surface area contributed by atoms with Gasteiger partial charge in [0, 0.05) is 29.3 Å². The van der Waals surface area contributed by atoms with Crippen molar-refractivity contribution < 1.29 is 22.7 Å². The number of ether oxygens (including phenoxy) is 2. The Morgan fingerprint density at radius 1 is 1.19 bits per heavy atom. The molecule has 0 saturated carbocycles. The minimum atomic E-state index is -3.77. The van der Waals surface area contributed by atoms with Crippen LogP contribution < -0.4 is 14.8 Å². The lowest BCUT2D eigenvalue weighted by atomic mass is 9.98. The predicted molar refractivity (Wildman–Crippen MR) is 128 cm³/mol. The van der Waals surface area contributed by atoms with E-state index >= 15 is 0 Å². The van der Waals surface area contributed by atoms with Crippen LogP contribution in [0.3, 0.4) is 0 Å². The number of aryl methyl sites for hydroxylation is 2. The van der Waals surface area contributed by atoms with E-state index in [1.807, 2.05) is 26.0 Å². The Morgan fingerprint density at radius 2 is 1.91 bits per heavy atom. The summed E-state index contributed by atoms with van der Waals surface area (Å²) in [7, 11) is -0.814. The van der Waals surface area contributed by atoms with Crippen molar-refractivity contribution in [3.63, 3.8) is 0 Å². The molecule has 3 rings (SSSR count). The minimum Gasteiger partial charge on any atom is -0.493 e. The normalized spacial score (nSPS) is 17.1. The smallest absolute Gasteiger partial charge is 0.243 e. The summed E-state index contributed by atoms with van der Waals surface area (Å²) < 4.78 is 39.3. The fourth-order valence-electron chi connectivity index (χ4n) is 4.00. The van der Waals surface area contributed by atoms with Crippen LogP contribution in [-0.4, -0.2) is 45.9 Å². The maximum atomic E-state index is 13.3. The van der Waals surface area contributed by atoms with E-state index in [1.54, 1.807) is 6.07 Å². The molecule has 1 heterocycles. The van der Waals surface area contributed by atoms with Crippen molar-refractivity contribution >= 4 is 37.5 Å². The molecular formula is C23H29BrN2O5S. The molecule has 1 fully saturated rings. The molecule has 0 aliphatic carbocycles. The van der Waals surface area contributed by atoms with E-state index in [0.717, 1.165) is 27.7 Å². The van der Waals surface area contributed by atoms with Gasteiger partial charge in [0.15, 0.2) is 11.5 Å². The number of hydrogen-bond acceptors (Lipinski definition) is 5. The largest absolute Gasteiger partial charge is 0.493 e. The lowest BCUT2D eigenvalue weighted by Gasteiger charge is -2.31. The van der Waals surface area contributed by atoms with Crippen molar-refractivity contribution in [1.82, 2.24) is 4.31 Å². The SMILES string of the molecule is CCc1cc(Br)cc(C)c1NC(=O)[C@H]1CCCN(S(=O)(=O)c2ccc(OC)c(OC)c2)C1. The van der Waals surface area contributed by atoms with Gasteiger partial charge in [-0.3, -0.25) is 4.79 Å². The molecule has 1 aliphatic heterocycles. The molecule has 1 N–H and O–H groups in total. The van der Waals surface area contributed by atoms with Crippen LogP contribution in [0.4, 0.5) is 5.69 Å². The van der Waals surface area contributed by atoms with Gasteiger partial charge in [0.25, 0.3) is 0 Å². The third kappa shape index (κ3) is 5.10. The number of carbonyl (C=O) groups is 1. The monoisotopic (exact) mass is 524 g/mol. The van der Waals surface area contributed by atoms with Gasteiger partial charge < -0.3 is 14.8 Å². The van der Waals surface area contributed by atoms with Gasteiger partial charge in [0.05, 0.1) is 25.0 Å². The maximum Gasteiger partial charge on any atom is 0.243 e. The Hall–Kier alpha value is -2.10. The van der Waals surface area contributed by atoms with Crippen LogP contribution in [0.25, 0.3) is 0 Å². The van der Waals surface area contributed by atoms with Gasteiger partial charge in [0.2, 0.25) is 15.9 Å². The predicted octanol–water partition coefficient (Wildman–Crippen LogP) is 4.38. The van der Waals surface area contributed by atoms with E-state index in [2.05, 4.69) is 21.2 Å². The van der Waals surface area contributed by atoms with E-state index in [9.17, 15) is 13.2 Å². The van der Waals surface area contributed by atoms with E-state index in [-0.39, 0.29) is 17.3 Å². The molecule has 2 aromatic carbocycles. The van der Waals surface area contributed by atoms with E-state index in [0.29, 0.717) is 30.9 Å². The number of nitrogens with one attached hydrogen (secondary N) is 1. The number of carbonyl (C=O) groups excluding carboxylic acids is 1. The number of nitrogens with zero attached hydrogens (tertiary/aromatic N) is 1. The molecule has 0 bridgehead atoms. The number of amides is 1. The summed E-state index contributed by atoms with van der Waals surface area (Å²) in [6.07, 6.45) is 2.03. The maximum absolute atomic E-state index is 13.3. The first-order chi connectivity index (χ1) is 15.2. The second kappa shape index (κ2) is 10.2. The molecule has 7 nitrogen and oxygen atoms in total. The van der Waals surface area contributed by atoms with Crippen molar-refractivity contribution in [3.8, 4) is 11.5 Å². The molecular weight excluding hydrogens is 496 g/mol. The molecule has 0 radical (unpaired) electrons. The Bertz CT molecular complexity index is 1100. The van der Waals surface area contributed by atoms with Crippen molar-refractivity contribution in [1.29, 1.82) is 0 Å². The number of halogens is 1. The Kier molecular flexibility index (Phi) is 7.84. The summed E-state index contributed by atoms with van der Waals surface area (Å²) in [6, 6.07) is 8.48. The van der Waals surface area contributed by atoms with Gasteiger partial charge >= 0.3 is 0 Å². The number of sulfonamides is 1. The Morgan fingerprint density at radius 3 is 2.56 bits per heavy atom. The van der Waals surface area contributed by atoms with E-state index in [1.165, 1.54) is 30.7 Å². The number of hydrogen-bond donors (Lipinski definition) is 1. The molecule has 0 aromatic heterocycles. The lowest BCUT2D eigenvalue weighted by molar-refractivity contribution is -0.120. The van der Waals surface area contributed by atoms with Crippen LogP contribution >= 0.6 is 15.9 Å². The summed E-state index contributed by atoms with van der Waals surface area (Å²) in [6.45, 7) is 4.50. The molecule has 9 heteroatoms. The van der Waals surface area contributed by atoms with Gasteiger partial charge in [-0.1, -0.05) is 22.9 Å². The van der Waals surface area contributed by atoms with Crippen molar-refractivity contribution in [2.75, 3.05) is 32.6 Å². The van der Waals surface area contributed by atoms with Crippen LogP contribution in [0.5, 0.6) is 11.5 Å². The minimum absolute atomic E-state index is 0.119. The highest BCUT2D eigenvalue weighted by Gasteiger charge is 2.34. The molecule has 0 spiro atoms. The average molecular weight is 525 g/mol. The molecule has 2 aromatic rings. The second-order valence-corrected chi connectivity index (χ2v) is 10.7. The topological polar surface area (TPSA) is 84.9 Å². The molecule has 1 aliphatic rings. The molecule has 174 valence electrons. The molecule has 32 heavy (non-hydrogen) atoms. The van der Waals surface area contributed by atoms with Crippen LogP contribution in [0.1, 0.15) is 30.9 Å². The third-order valence-corrected chi connectivity index (χ3v) is 8.08. The third-order valence-electron chi connectivity index (χ3n) is 5.76. The first-order valence-electron chi connectivity index (χ1n) is 10.5. The number of methoxy groups -OCH3 is 2. The molecule has 1 amide bonds. The molecule has 1 atom stereocenters. The zero-order valence-corrected chi connectivity index (χ0v) is 21.2. The Labute approximate surface area is 198 Å². The van der Waals surface area contributed by atoms with Crippen LogP contribution in [0.15, 0.2) is 39.7 Å². The van der Waals surface area contributed by atoms with Gasteiger partial charge in [-0.2, -0.15) is 4.31 Å². The van der Waals surface area contributed by atoms with Gasteiger partial charge in [0.1, 0.15) is 0 Å². The van der Waals surface area contributed by atoms with Gasteiger partial charge in [-0.05, 0) is 61.6 Å². The number of benzene rings is 2. The molecule has 1 saturated heterocycles. The highest BCUT2D eigenvalue weighted by Crippen LogP contribution is 2.33. The zero-order chi connectivity index (χ0) is 23.5. The molecule has 0 unspecified atom stereocenters. The van der Waals surface area contributed by atoms with E-state index < -0.39 is 15.9 Å². The summed E-state index contributed by atoms with van der Waals surface area (Å²) >= 11 is 3.50. The lowest BCUT2D eigenvalue weighted by Crippen LogP contribution is -2.43. The van der Waals surface area contributed by atoms with Gasteiger partial charge in [-0.15, -0.1) is 0 Å². The van der Waals surface area contributed by atoms with Crippen LogP contribution in [-0.2, 0) is 21.2 Å². The first-order valence-corrected chi connectivity index (χ1v) is 12.8. The second-order valence-electron chi connectivity index (χ2n) is 7.82. The highest BCUT2D eigenvalue weighted by molar-refractivity contribution is 9.10. The summed E-state index contributed by atoms with van der Waals surface area (Å²) in [5.41, 5.74) is 2.81. The van der Waals surface area contributed by atoms with Crippen LogP contribution in [0, 0.1) is 12.8 Å². The van der Waals surface area contributed by atoms with Crippen molar-refractivity contribution in [2.24, 2.45) is 5.92 Å². The summed E-state index contributed by atoms with van der Waals surface area (Å²) in [4.78, 5) is 13.2. The van der Waals surface area contributed by atoms with Crippen molar-refractivity contribution in [2.45, 2.75) is 38.0 Å².